The van der Waals surface area contributed by atoms with Gasteiger partial charge < -0.3 is 25.2 Å². The molecule has 8 nitrogen and oxygen atoms in total. The van der Waals surface area contributed by atoms with E-state index in [4.69, 9.17) is 9.84 Å². The standard InChI is InChI=1S/C23H32O8S/c1-32(29,30)20-16-23(28,13-5-6-15-31-18-9-3-2-4-10-18)21(22(20)27)19(26)12-11-17(25)8-7-14-24/h2-4,9-12,16-17,19,21,24-26,28H,5-8,13-15H2,1H3. The molecule has 1 aliphatic carbocycles. The van der Waals surface area contributed by atoms with Crippen molar-refractivity contribution in [3.63, 3.8) is 0 Å². The van der Waals surface area contributed by atoms with Crippen LogP contribution in [0.3, 0.4) is 0 Å². The highest BCUT2D eigenvalue weighted by molar-refractivity contribution is 7.95. The van der Waals surface area contributed by atoms with Crippen LogP contribution in [0.2, 0.25) is 0 Å². The van der Waals surface area contributed by atoms with Crippen molar-refractivity contribution in [3.05, 3.63) is 53.5 Å². The number of carbonyl (C=O) groups is 1. The topological polar surface area (TPSA) is 141 Å². The number of benzene rings is 1. The third-order valence-corrected chi connectivity index (χ3v) is 6.48. The summed E-state index contributed by atoms with van der Waals surface area (Å²) in [4.78, 5) is 12.3. The van der Waals surface area contributed by atoms with E-state index in [1.165, 1.54) is 12.2 Å². The summed E-state index contributed by atoms with van der Waals surface area (Å²) in [5, 5.41) is 40.4. The van der Waals surface area contributed by atoms with Gasteiger partial charge in [0.05, 0.1) is 30.3 Å². The monoisotopic (exact) mass is 468 g/mol. The Labute approximate surface area is 188 Å². The zero-order chi connectivity index (χ0) is 23.8. The lowest BCUT2D eigenvalue weighted by Crippen LogP contribution is -2.43. The van der Waals surface area contributed by atoms with Crippen LogP contribution >= 0.6 is 0 Å². The Morgan fingerprint density at radius 1 is 1.12 bits per heavy atom. The van der Waals surface area contributed by atoms with Crippen molar-refractivity contribution in [1.29, 1.82) is 0 Å². The number of Topliss-reactive ketones (excluding diaryl/α,β-unsaturated/α-hetero) is 1. The molecule has 0 fully saturated rings. The van der Waals surface area contributed by atoms with Crippen LogP contribution in [0.5, 0.6) is 5.75 Å². The fraction of sp³-hybridized carbons (Fsp3) is 0.522. The third-order valence-electron chi connectivity index (χ3n) is 5.36. The summed E-state index contributed by atoms with van der Waals surface area (Å²) in [7, 11) is -3.89. The van der Waals surface area contributed by atoms with Crippen molar-refractivity contribution in [2.45, 2.75) is 49.9 Å². The Kier molecular flexibility index (Phi) is 9.60. The van der Waals surface area contributed by atoms with Gasteiger partial charge in [-0.05, 0) is 50.3 Å². The van der Waals surface area contributed by atoms with E-state index in [1.54, 1.807) is 0 Å². The van der Waals surface area contributed by atoms with E-state index in [-0.39, 0.29) is 19.4 Å². The molecular weight excluding hydrogens is 436 g/mol. The molecular formula is C23H32O8S. The van der Waals surface area contributed by atoms with Gasteiger partial charge in [0, 0.05) is 12.9 Å². The van der Waals surface area contributed by atoms with E-state index in [9.17, 15) is 28.5 Å². The largest absolute Gasteiger partial charge is 0.494 e. The van der Waals surface area contributed by atoms with Crippen molar-refractivity contribution in [2.24, 2.45) is 5.92 Å². The minimum atomic E-state index is -3.89. The fourth-order valence-electron chi connectivity index (χ4n) is 3.70. The van der Waals surface area contributed by atoms with Gasteiger partial charge in [0.15, 0.2) is 15.6 Å². The Balaban J connectivity index is 2.07. The van der Waals surface area contributed by atoms with Gasteiger partial charge in [0.2, 0.25) is 0 Å². The van der Waals surface area contributed by atoms with Crippen LogP contribution in [0.25, 0.3) is 0 Å². The van der Waals surface area contributed by atoms with E-state index in [0.29, 0.717) is 31.6 Å². The summed E-state index contributed by atoms with van der Waals surface area (Å²) in [5.41, 5.74) is -1.85. The smallest absolute Gasteiger partial charge is 0.183 e. The Bertz CT molecular complexity index is 909. The van der Waals surface area contributed by atoms with Crippen molar-refractivity contribution in [1.82, 2.24) is 0 Å². The molecule has 0 heterocycles. The zero-order valence-electron chi connectivity index (χ0n) is 18.1. The minimum Gasteiger partial charge on any atom is -0.494 e. The van der Waals surface area contributed by atoms with Crippen molar-refractivity contribution in [3.8, 4) is 5.75 Å². The predicted octanol–water partition coefficient (Wildman–Crippen LogP) is 1.14. The van der Waals surface area contributed by atoms with Crippen LogP contribution in [0, 0.1) is 5.92 Å². The highest BCUT2D eigenvalue weighted by Crippen LogP contribution is 2.39. The number of aliphatic hydroxyl groups is 4. The molecule has 0 saturated carbocycles. The van der Waals surface area contributed by atoms with E-state index < -0.39 is 44.3 Å². The van der Waals surface area contributed by atoms with Gasteiger partial charge in [0.25, 0.3) is 0 Å². The van der Waals surface area contributed by atoms with Crippen LogP contribution in [0.15, 0.2) is 53.5 Å². The summed E-state index contributed by atoms with van der Waals surface area (Å²) in [6, 6.07) is 9.20. The fourth-order valence-corrected chi connectivity index (χ4v) is 4.61. The number of carbonyl (C=O) groups excluding carboxylic acids is 1. The number of hydrogen-bond donors (Lipinski definition) is 4. The van der Waals surface area contributed by atoms with Gasteiger partial charge in [-0.1, -0.05) is 30.4 Å². The first kappa shape index (κ1) is 26.2. The number of allylic oxidation sites excluding steroid dienone is 1. The molecule has 0 aliphatic heterocycles. The average Bonchev–Trinajstić information content (AvgIpc) is 3.02. The number of ether oxygens (including phenoxy) is 1. The molecule has 0 saturated heterocycles. The number of para-hydroxylation sites is 1. The molecule has 4 atom stereocenters. The van der Waals surface area contributed by atoms with Gasteiger partial charge in [0.1, 0.15) is 10.7 Å². The maximum Gasteiger partial charge on any atom is 0.183 e. The van der Waals surface area contributed by atoms with E-state index >= 15 is 0 Å². The quantitative estimate of drug-likeness (QED) is 0.249. The molecule has 1 aliphatic rings. The van der Waals surface area contributed by atoms with Gasteiger partial charge >= 0.3 is 0 Å². The van der Waals surface area contributed by atoms with Gasteiger partial charge in [-0.25, -0.2) is 8.42 Å². The predicted molar refractivity (Wildman–Crippen MR) is 120 cm³/mol. The molecule has 0 radical (unpaired) electrons. The lowest BCUT2D eigenvalue weighted by molar-refractivity contribution is -0.127. The van der Waals surface area contributed by atoms with Gasteiger partial charge in [-0.3, -0.25) is 4.79 Å². The van der Waals surface area contributed by atoms with Gasteiger partial charge in [-0.2, -0.15) is 0 Å². The number of sulfone groups is 1. The van der Waals surface area contributed by atoms with Crippen LogP contribution < -0.4 is 4.74 Å². The molecule has 1 aromatic rings. The Morgan fingerprint density at radius 3 is 2.44 bits per heavy atom. The number of hydrogen-bond acceptors (Lipinski definition) is 8. The number of aliphatic hydroxyl groups excluding tert-OH is 3. The normalized spacial score (nSPS) is 23.3. The van der Waals surface area contributed by atoms with Crippen LogP contribution in [-0.4, -0.2) is 71.9 Å². The number of unbranched alkanes of at least 4 members (excludes halogenated alkanes) is 1. The Morgan fingerprint density at radius 2 is 1.81 bits per heavy atom. The number of rotatable bonds is 13. The molecule has 0 spiro atoms. The highest BCUT2D eigenvalue weighted by Gasteiger charge is 2.51. The summed E-state index contributed by atoms with van der Waals surface area (Å²) in [5.74, 6) is -1.54. The van der Waals surface area contributed by atoms with E-state index in [0.717, 1.165) is 12.3 Å². The molecule has 178 valence electrons. The Hall–Kier alpha value is -2.04. The average molecular weight is 469 g/mol. The molecule has 32 heavy (non-hydrogen) atoms. The minimum absolute atomic E-state index is 0.0541. The molecule has 9 heteroatoms. The third kappa shape index (κ3) is 7.25. The summed E-state index contributed by atoms with van der Waals surface area (Å²) >= 11 is 0. The second kappa shape index (κ2) is 11.7. The van der Waals surface area contributed by atoms with Crippen molar-refractivity contribution in [2.75, 3.05) is 19.5 Å². The summed E-state index contributed by atoms with van der Waals surface area (Å²) in [6.07, 6.45) is 3.59. The molecule has 1 aromatic carbocycles. The maximum atomic E-state index is 12.8. The SMILES string of the molecule is CS(=O)(=O)C1=CC(O)(CCCCOc2ccccc2)C(C(O)C=CC(O)CCCO)C1=O. The van der Waals surface area contributed by atoms with Crippen molar-refractivity contribution < 1.29 is 38.4 Å². The van der Waals surface area contributed by atoms with Crippen molar-refractivity contribution >= 4 is 15.6 Å². The lowest BCUT2D eigenvalue weighted by atomic mass is 9.81. The zero-order valence-corrected chi connectivity index (χ0v) is 18.9. The van der Waals surface area contributed by atoms with Crippen LogP contribution in [-0.2, 0) is 14.6 Å². The molecule has 4 unspecified atom stereocenters. The first-order chi connectivity index (χ1) is 15.1. The molecule has 2 rings (SSSR count). The molecule has 0 amide bonds. The van der Waals surface area contributed by atoms with E-state index in [2.05, 4.69) is 0 Å². The molecule has 0 aromatic heterocycles. The molecule has 4 N–H and O–H groups in total. The van der Waals surface area contributed by atoms with E-state index in [1.807, 2.05) is 30.3 Å². The lowest BCUT2D eigenvalue weighted by Gasteiger charge is -2.30. The van der Waals surface area contributed by atoms with Crippen LogP contribution in [0.1, 0.15) is 32.1 Å². The first-order valence-corrected chi connectivity index (χ1v) is 12.5. The second-order valence-corrected chi connectivity index (χ2v) is 10.0. The second-order valence-electron chi connectivity index (χ2n) is 8.04. The molecule has 0 bridgehead atoms. The highest BCUT2D eigenvalue weighted by atomic mass is 32.2. The summed E-state index contributed by atoms with van der Waals surface area (Å²) < 4.78 is 29.7. The maximum absolute atomic E-state index is 12.8. The summed E-state index contributed by atoms with van der Waals surface area (Å²) in [6.45, 7) is 0.283. The first-order valence-electron chi connectivity index (χ1n) is 10.6. The van der Waals surface area contributed by atoms with Crippen LogP contribution in [0.4, 0.5) is 0 Å². The van der Waals surface area contributed by atoms with Gasteiger partial charge in [-0.15, -0.1) is 0 Å². The number of ketones is 1.